The highest BCUT2D eigenvalue weighted by molar-refractivity contribution is 7.47. The van der Waals surface area contributed by atoms with Crippen LogP contribution in [0.2, 0.25) is 0 Å². The Morgan fingerprint density at radius 1 is 0.551 bits per heavy atom. The molecule has 0 aromatic carbocycles. The molecule has 0 rings (SSSR count). The number of hydrogen-bond donors (Lipinski definition) is 1. The largest absolute Gasteiger partial charge is 0.472 e. The first-order valence-electron chi connectivity index (χ1n) is 20.3. The first-order valence-corrected chi connectivity index (χ1v) is 21.8. The normalized spacial score (nSPS) is 13.7. The van der Waals surface area contributed by atoms with E-state index < -0.39 is 26.5 Å². The quantitative estimate of drug-likeness (QED) is 0.0292. The van der Waals surface area contributed by atoms with E-state index >= 15 is 0 Å². The Labute approximate surface area is 302 Å². The molecule has 0 aromatic rings. The molecule has 0 bridgehead atoms. The van der Waals surface area contributed by atoms with Gasteiger partial charge in [-0.3, -0.25) is 18.6 Å². The Morgan fingerprint density at radius 2 is 0.918 bits per heavy atom. The second-order valence-electron chi connectivity index (χ2n) is 15.0. The SMILES string of the molecule is CCCCCCCCCCCCCCCCCCCCC(=O)O[C@H](COC(=O)CCCCCCCCC)COP(=O)(O)OCC[N+](C)(C)C. The highest BCUT2D eigenvalue weighted by Gasteiger charge is 2.27. The number of esters is 2. The van der Waals surface area contributed by atoms with E-state index in [1.165, 1.54) is 122 Å². The molecule has 1 N–H and O–H groups in total. The number of phosphoric acid groups is 1. The Balaban J connectivity index is 4.25. The number of unbranched alkanes of at least 4 members (excludes halogenated alkanes) is 23. The van der Waals surface area contributed by atoms with Crippen molar-refractivity contribution in [1.29, 1.82) is 0 Å². The van der Waals surface area contributed by atoms with E-state index in [1.54, 1.807) is 0 Å². The molecule has 0 saturated carbocycles. The van der Waals surface area contributed by atoms with Crippen LogP contribution in [0.15, 0.2) is 0 Å². The average molecular weight is 721 g/mol. The molecule has 0 radical (unpaired) electrons. The maximum Gasteiger partial charge on any atom is 0.472 e. The smallest absolute Gasteiger partial charge is 0.462 e. The van der Waals surface area contributed by atoms with Crippen molar-refractivity contribution in [2.24, 2.45) is 0 Å². The number of hydrogen-bond acceptors (Lipinski definition) is 7. The van der Waals surface area contributed by atoms with Crippen molar-refractivity contribution in [1.82, 2.24) is 0 Å². The third-order valence-electron chi connectivity index (χ3n) is 8.89. The molecule has 0 aliphatic heterocycles. The fraction of sp³-hybridized carbons (Fsp3) is 0.949. The molecule has 9 nitrogen and oxygen atoms in total. The van der Waals surface area contributed by atoms with Gasteiger partial charge in [0.05, 0.1) is 27.7 Å². The van der Waals surface area contributed by atoms with Gasteiger partial charge in [0.15, 0.2) is 6.10 Å². The zero-order valence-electron chi connectivity index (χ0n) is 32.7. The second kappa shape index (κ2) is 32.9. The lowest BCUT2D eigenvalue weighted by Crippen LogP contribution is -2.37. The van der Waals surface area contributed by atoms with Crippen LogP contribution < -0.4 is 0 Å². The molecule has 2 atom stereocenters. The minimum absolute atomic E-state index is 0.0362. The van der Waals surface area contributed by atoms with Crippen LogP contribution in [0.4, 0.5) is 0 Å². The van der Waals surface area contributed by atoms with Crippen LogP contribution in [0.3, 0.4) is 0 Å². The lowest BCUT2D eigenvalue weighted by atomic mass is 10.0. The van der Waals surface area contributed by atoms with Crippen molar-refractivity contribution >= 4 is 19.8 Å². The lowest BCUT2D eigenvalue weighted by molar-refractivity contribution is -0.870. The van der Waals surface area contributed by atoms with Gasteiger partial charge in [-0.25, -0.2) is 4.57 Å². The monoisotopic (exact) mass is 721 g/mol. The predicted molar refractivity (Wildman–Crippen MR) is 201 cm³/mol. The summed E-state index contributed by atoms with van der Waals surface area (Å²) in [6.07, 6.45) is 30.2. The van der Waals surface area contributed by atoms with Crippen molar-refractivity contribution in [2.45, 2.75) is 193 Å². The second-order valence-corrected chi connectivity index (χ2v) is 16.5. The highest BCUT2D eigenvalue weighted by Crippen LogP contribution is 2.43. The van der Waals surface area contributed by atoms with Crippen molar-refractivity contribution < 1.29 is 42.1 Å². The summed E-state index contributed by atoms with van der Waals surface area (Å²) < 4.78 is 34.1. The number of carbonyl (C=O) groups excluding carboxylic acids is 2. The fourth-order valence-electron chi connectivity index (χ4n) is 5.66. The topological polar surface area (TPSA) is 108 Å². The summed E-state index contributed by atoms with van der Waals surface area (Å²) in [7, 11) is 1.49. The van der Waals surface area contributed by atoms with Crippen LogP contribution >= 0.6 is 7.82 Å². The average Bonchev–Trinajstić information content (AvgIpc) is 3.04. The standard InChI is InChI=1S/C39H78NO8P/c1-6-8-10-12-14-15-16-17-18-19-20-21-22-23-24-26-28-30-32-39(42)48-37(36-47-49(43,44)46-34-33-40(3,4)5)35-45-38(41)31-29-27-25-13-11-9-7-2/h37H,6-36H2,1-5H3/p+1/t37-/m1/s1. The van der Waals surface area contributed by atoms with E-state index in [9.17, 15) is 19.0 Å². The molecule has 1 unspecified atom stereocenters. The van der Waals surface area contributed by atoms with Gasteiger partial charge in [-0.05, 0) is 12.8 Å². The zero-order valence-corrected chi connectivity index (χ0v) is 33.6. The van der Waals surface area contributed by atoms with Gasteiger partial charge in [0.2, 0.25) is 0 Å². The first kappa shape index (κ1) is 48.0. The molecule has 0 aliphatic carbocycles. The molecule has 49 heavy (non-hydrogen) atoms. The fourth-order valence-corrected chi connectivity index (χ4v) is 6.40. The number of ether oxygens (including phenoxy) is 2. The maximum absolute atomic E-state index is 12.6. The highest BCUT2D eigenvalue weighted by atomic mass is 31.2. The Kier molecular flexibility index (Phi) is 32.2. The molecular weight excluding hydrogens is 641 g/mol. The van der Waals surface area contributed by atoms with Crippen LogP contribution in [-0.2, 0) is 32.7 Å². The van der Waals surface area contributed by atoms with Gasteiger partial charge in [0, 0.05) is 12.8 Å². The van der Waals surface area contributed by atoms with Crippen LogP contribution in [0, 0.1) is 0 Å². The minimum atomic E-state index is -4.36. The number of phosphoric ester groups is 1. The molecule has 10 heteroatoms. The summed E-state index contributed by atoms with van der Waals surface area (Å²) in [6, 6.07) is 0. The summed E-state index contributed by atoms with van der Waals surface area (Å²) in [6.45, 7) is 4.39. The Hall–Kier alpha value is -0.990. The summed E-state index contributed by atoms with van der Waals surface area (Å²) in [5.74, 6) is -0.795. The third kappa shape index (κ3) is 36.6. The van der Waals surface area contributed by atoms with E-state index in [-0.39, 0.29) is 25.6 Å². The molecule has 292 valence electrons. The van der Waals surface area contributed by atoms with E-state index in [1.807, 2.05) is 21.1 Å². The van der Waals surface area contributed by atoms with Gasteiger partial charge >= 0.3 is 19.8 Å². The van der Waals surface area contributed by atoms with E-state index in [0.29, 0.717) is 17.4 Å². The number of likely N-dealkylation sites (N-methyl/N-ethyl adjacent to an activating group) is 1. The Morgan fingerprint density at radius 3 is 1.31 bits per heavy atom. The summed E-state index contributed by atoms with van der Waals surface area (Å²) in [5, 5.41) is 0. The number of nitrogens with zero attached hydrogens (tertiary/aromatic N) is 1. The molecule has 0 amide bonds. The summed E-state index contributed by atoms with van der Waals surface area (Å²) >= 11 is 0. The summed E-state index contributed by atoms with van der Waals surface area (Å²) in [4.78, 5) is 35.1. The van der Waals surface area contributed by atoms with Crippen LogP contribution in [0.5, 0.6) is 0 Å². The minimum Gasteiger partial charge on any atom is -0.462 e. The third-order valence-corrected chi connectivity index (χ3v) is 9.87. The van der Waals surface area contributed by atoms with Crippen LogP contribution in [0.1, 0.15) is 187 Å². The van der Waals surface area contributed by atoms with Crippen molar-refractivity contribution in [3.63, 3.8) is 0 Å². The van der Waals surface area contributed by atoms with Crippen molar-refractivity contribution in [3.05, 3.63) is 0 Å². The van der Waals surface area contributed by atoms with E-state index in [2.05, 4.69) is 13.8 Å². The maximum atomic E-state index is 12.6. The van der Waals surface area contributed by atoms with E-state index in [4.69, 9.17) is 18.5 Å². The van der Waals surface area contributed by atoms with Gasteiger partial charge in [-0.1, -0.05) is 162 Å². The number of rotatable bonds is 37. The van der Waals surface area contributed by atoms with Gasteiger partial charge in [-0.15, -0.1) is 0 Å². The first-order chi connectivity index (χ1) is 23.5. The molecule has 0 saturated heterocycles. The zero-order chi connectivity index (χ0) is 36.5. The van der Waals surface area contributed by atoms with Crippen LogP contribution in [-0.4, -0.2) is 74.9 Å². The van der Waals surface area contributed by atoms with Gasteiger partial charge < -0.3 is 18.9 Å². The summed E-state index contributed by atoms with van der Waals surface area (Å²) in [5.41, 5.74) is 0. The number of quaternary nitrogens is 1. The van der Waals surface area contributed by atoms with Gasteiger partial charge in [0.25, 0.3) is 0 Å². The predicted octanol–water partition coefficient (Wildman–Crippen LogP) is 10.9. The van der Waals surface area contributed by atoms with Crippen LogP contribution in [0.25, 0.3) is 0 Å². The van der Waals surface area contributed by atoms with Gasteiger partial charge in [-0.2, -0.15) is 0 Å². The lowest BCUT2D eigenvalue weighted by Gasteiger charge is -2.24. The molecule has 0 aliphatic rings. The Bertz CT molecular complexity index is 819. The molecule has 0 fully saturated rings. The van der Waals surface area contributed by atoms with Crippen molar-refractivity contribution in [2.75, 3.05) is 47.5 Å². The molecule has 0 heterocycles. The van der Waals surface area contributed by atoms with E-state index in [0.717, 1.165) is 38.5 Å². The van der Waals surface area contributed by atoms with Gasteiger partial charge in [0.1, 0.15) is 19.8 Å². The molecular formula is C39H79NO8P+. The van der Waals surface area contributed by atoms with Crippen molar-refractivity contribution in [3.8, 4) is 0 Å². The molecule has 0 aromatic heterocycles. The molecule has 0 spiro atoms. The number of carbonyl (C=O) groups is 2.